The van der Waals surface area contributed by atoms with Crippen molar-refractivity contribution in [3.63, 3.8) is 0 Å². The molecule has 0 spiro atoms. The summed E-state index contributed by atoms with van der Waals surface area (Å²) in [6, 6.07) is 6.66. The largest absolute Gasteiger partial charge is 0.367 e. The Morgan fingerprint density at radius 1 is 1.06 bits per heavy atom. The SMILES string of the molecule is C[C@@H]1CN(c2ccc(C(=O)Nc3cc(F)c4nn(C)c(F)c4c3)c3nccnc23)C[C@H](C)N1. The lowest BCUT2D eigenvalue weighted by molar-refractivity contribution is 0.102. The van der Waals surface area contributed by atoms with E-state index >= 15 is 0 Å². The van der Waals surface area contributed by atoms with E-state index in [0.717, 1.165) is 29.5 Å². The Morgan fingerprint density at radius 3 is 2.48 bits per heavy atom. The number of benzene rings is 2. The fraction of sp³-hybridized carbons (Fsp3) is 0.304. The summed E-state index contributed by atoms with van der Waals surface area (Å²) in [5.41, 5.74) is 2.30. The minimum absolute atomic E-state index is 0.00487. The van der Waals surface area contributed by atoms with Crippen molar-refractivity contribution in [3.8, 4) is 0 Å². The van der Waals surface area contributed by atoms with Gasteiger partial charge in [0.25, 0.3) is 5.91 Å². The maximum atomic E-state index is 14.4. The summed E-state index contributed by atoms with van der Waals surface area (Å²) in [5, 5.41) is 9.98. The number of nitrogens with one attached hydrogen (secondary N) is 2. The van der Waals surface area contributed by atoms with Crippen molar-refractivity contribution in [2.24, 2.45) is 7.05 Å². The average Bonchev–Trinajstić information content (AvgIpc) is 3.06. The molecule has 1 aliphatic rings. The maximum Gasteiger partial charge on any atom is 0.257 e. The number of aromatic nitrogens is 4. The number of fused-ring (bicyclic) bond motifs is 2. The number of carbonyl (C=O) groups excluding carboxylic acids is 1. The normalized spacial score (nSPS) is 18.8. The highest BCUT2D eigenvalue weighted by Gasteiger charge is 2.25. The number of hydrogen-bond acceptors (Lipinski definition) is 6. The molecule has 1 fully saturated rings. The van der Waals surface area contributed by atoms with Gasteiger partial charge in [-0.05, 0) is 38.1 Å². The molecule has 0 saturated carbocycles. The molecule has 5 rings (SSSR count). The van der Waals surface area contributed by atoms with Gasteiger partial charge in [-0.3, -0.25) is 14.8 Å². The second kappa shape index (κ2) is 8.04. The van der Waals surface area contributed by atoms with E-state index in [1.807, 2.05) is 6.07 Å². The van der Waals surface area contributed by atoms with Crippen LogP contribution in [0.1, 0.15) is 24.2 Å². The summed E-state index contributed by atoms with van der Waals surface area (Å²) >= 11 is 0. The van der Waals surface area contributed by atoms with Crippen LogP contribution in [0.5, 0.6) is 0 Å². The van der Waals surface area contributed by atoms with E-state index in [1.54, 1.807) is 12.3 Å². The summed E-state index contributed by atoms with van der Waals surface area (Å²) in [5.74, 6) is -1.89. The van der Waals surface area contributed by atoms with Crippen molar-refractivity contribution < 1.29 is 13.6 Å². The zero-order valence-electron chi connectivity index (χ0n) is 18.4. The molecule has 1 saturated heterocycles. The standard InChI is InChI=1S/C23H23F2N7O/c1-12-10-32(11-13(2)28-12)18-5-4-15(20-21(18)27-7-6-26-20)23(33)29-14-8-16-19(17(24)9-14)30-31(3)22(16)25/h4-9,12-13,28H,10-11H2,1-3H3,(H,29,33)/t12-,13+. The molecule has 0 radical (unpaired) electrons. The summed E-state index contributed by atoms with van der Waals surface area (Å²) < 4.78 is 29.7. The molecule has 3 heterocycles. The van der Waals surface area contributed by atoms with Crippen LogP contribution >= 0.6 is 0 Å². The van der Waals surface area contributed by atoms with Crippen LogP contribution in [-0.2, 0) is 7.05 Å². The Bertz CT molecular complexity index is 1380. The quantitative estimate of drug-likeness (QED) is 0.497. The summed E-state index contributed by atoms with van der Waals surface area (Å²) in [6.45, 7) is 5.85. The van der Waals surface area contributed by atoms with E-state index in [-0.39, 0.29) is 16.6 Å². The third kappa shape index (κ3) is 3.76. The van der Waals surface area contributed by atoms with Crippen LogP contribution in [0.2, 0.25) is 0 Å². The van der Waals surface area contributed by atoms with E-state index in [2.05, 4.69) is 44.4 Å². The van der Waals surface area contributed by atoms with E-state index in [1.165, 1.54) is 19.3 Å². The lowest BCUT2D eigenvalue weighted by Crippen LogP contribution is -2.54. The third-order valence-electron chi connectivity index (χ3n) is 5.82. The lowest BCUT2D eigenvalue weighted by Gasteiger charge is -2.38. The van der Waals surface area contributed by atoms with Crippen LogP contribution in [-0.4, -0.2) is 50.8 Å². The van der Waals surface area contributed by atoms with E-state index in [0.29, 0.717) is 28.7 Å². The Morgan fingerprint density at radius 2 is 1.76 bits per heavy atom. The van der Waals surface area contributed by atoms with Crippen molar-refractivity contribution >= 4 is 39.2 Å². The van der Waals surface area contributed by atoms with Gasteiger partial charge >= 0.3 is 0 Å². The van der Waals surface area contributed by atoms with Gasteiger partial charge in [0.2, 0.25) is 5.95 Å². The van der Waals surface area contributed by atoms with E-state index < -0.39 is 17.7 Å². The van der Waals surface area contributed by atoms with Crippen molar-refractivity contribution in [2.75, 3.05) is 23.3 Å². The van der Waals surface area contributed by atoms with E-state index in [4.69, 9.17) is 0 Å². The highest BCUT2D eigenvalue weighted by atomic mass is 19.1. The van der Waals surface area contributed by atoms with Gasteiger partial charge in [-0.2, -0.15) is 9.49 Å². The number of rotatable bonds is 3. The van der Waals surface area contributed by atoms with Crippen LogP contribution in [0, 0.1) is 11.8 Å². The van der Waals surface area contributed by atoms with Crippen LogP contribution in [0.25, 0.3) is 21.9 Å². The number of anilines is 2. The molecule has 2 aromatic carbocycles. The van der Waals surface area contributed by atoms with Gasteiger partial charge in [0, 0.05) is 50.3 Å². The predicted molar refractivity (Wildman–Crippen MR) is 122 cm³/mol. The second-order valence-corrected chi connectivity index (χ2v) is 8.48. The summed E-state index contributed by atoms with van der Waals surface area (Å²) in [4.78, 5) is 24.3. The van der Waals surface area contributed by atoms with Gasteiger partial charge in [0.15, 0.2) is 5.82 Å². The maximum absolute atomic E-state index is 14.4. The number of nitrogens with zero attached hydrogens (tertiary/aromatic N) is 5. The van der Waals surface area contributed by atoms with Gasteiger partial charge in [-0.15, -0.1) is 0 Å². The molecule has 0 unspecified atom stereocenters. The van der Waals surface area contributed by atoms with Crippen molar-refractivity contribution in [1.29, 1.82) is 0 Å². The van der Waals surface area contributed by atoms with Gasteiger partial charge in [0.05, 0.1) is 16.6 Å². The highest BCUT2D eigenvalue weighted by Crippen LogP contribution is 2.29. The number of halogens is 2. The van der Waals surface area contributed by atoms with Gasteiger partial charge in [0.1, 0.15) is 16.6 Å². The first-order valence-corrected chi connectivity index (χ1v) is 10.7. The molecule has 170 valence electrons. The molecule has 2 atom stereocenters. The van der Waals surface area contributed by atoms with Crippen LogP contribution in [0.15, 0.2) is 36.7 Å². The zero-order valence-corrected chi connectivity index (χ0v) is 18.4. The topological polar surface area (TPSA) is 88.0 Å². The first-order chi connectivity index (χ1) is 15.8. The molecule has 2 N–H and O–H groups in total. The molecular formula is C23H23F2N7O. The van der Waals surface area contributed by atoms with Crippen LogP contribution < -0.4 is 15.5 Å². The molecule has 0 aliphatic carbocycles. The minimum Gasteiger partial charge on any atom is -0.367 e. The van der Waals surface area contributed by atoms with Crippen molar-refractivity contribution in [2.45, 2.75) is 25.9 Å². The molecule has 0 bridgehead atoms. The van der Waals surface area contributed by atoms with Crippen molar-refractivity contribution in [1.82, 2.24) is 25.1 Å². The number of aryl methyl sites for hydroxylation is 1. The molecule has 33 heavy (non-hydrogen) atoms. The molecular weight excluding hydrogens is 428 g/mol. The number of hydrogen-bond donors (Lipinski definition) is 2. The van der Waals surface area contributed by atoms with Gasteiger partial charge < -0.3 is 15.5 Å². The zero-order chi connectivity index (χ0) is 23.3. The predicted octanol–water partition coefficient (Wildman–Crippen LogP) is 3.23. The molecule has 1 aliphatic heterocycles. The first kappa shape index (κ1) is 21.2. The molecule has 8 nitrogen and oxygen atoms in total. The molecule has 10 heteroatoms. The van der Waals surface area contributed by atoms with Crippen LogP contribution in [0.3, 0.4) is 0 Å². The lowest BCUT2D eigenvalue weighted by atomic mass is 10.1. The summed E-state index contributed by atoms with van der Waals surface area (Å²) in [6.07, 6.45) is 3.12. The number of amides is 1. The third-order valence-corrected chi connectivity index (χ3v) is 5.82. The summed E-state index contributed by atoms with van der Waals surface area (Å²) in [7, 11) is 1.39. The van der Waals surface area contributed by atoms with E-state index in [9.17, 15) is 13.6 Å². The molecule has 1 amide bonds. The van der Waals surface area contributed by atoms with Crippen molar-refractivity contribution in [3.05, 3.63) is 54.0 Å². The minimum atomic E-state index is -0.718. The number of carbonyl (C=O) groups is 1. The molecule has 2 aromatic heterocycles. The smallest absolute Gasteiger partial charge is 0.257 e. The Balaban J connectivity index is 1.51. The van der Waals surface area contributed by atoms with Gasteiger partial charge in [-0.1, -0.05) is 0 Å². The Labute approximate surface area is 188 Å². The van der Waals surface area contributed by atoms with Crippen LogP contribution in [0.4, 0.5) is 20.2 Å². The molecule has 4 aromatic rings. The average molecular weight is 451 g/mol. The fourth-order valence-electron chi connectivity index (χ4n) is 4.50. The fourth-order valence-corrected chi connectivity index (χ4v) is 4.50. The monoisotopic (exact) mass is 451 g/mol. The Kier molecular flexibility index (Phi) is 5.16. The number of piperazine rings is 1. The Hall–Kier alpha value is -3.66. The first-order valence-electron chi connectivity index (χ1n) is 10.7. The second-order valence-electron chi connectivity index (χ2n) is 8.48. The van der Waals surface area contributed by atoms with Gasteiger partial charge in [-0.25, -0.2) is 9.07 Å². The highest BCUT2D eigenvalue weighted by molar-refractivity contribution is 6.13.